The predicted molar refractivity (Wildman–Crippen MR) is 82.2 cm³/mol. The lowest BCUT2D eigenvalue weighted by atomic mass is 9.99. The van der Waals surface area contributed by atoms with Gasteiger partial charge in [-0.2, -0.15) is 0 Å². The van der Waals surface area contributed by atoms with Crippen LogP contribution in [0.15, 0.2) is 24.3 Å². The van der Waals surface area contributed by atoms with E-state index < -0.39 is 0 Å². The van der Waals surface area contributed by atoms with Crippen molar-refractivity contribution in [2.24, 2.45) is 17.6 Å². The number of nitrogens with zero attached hydrogens (tertiary/aromatic N) is 1. The first kappa shape index (κ1) is 14.5. The van der Waals surface area contributed by atoms with Gasteiger partial charge in [-0.1, -0.05) is 52.0 Å². The highest BCUT2D eigenvalue weighted by Gasteiger charge is 2.27. The van der Waals surface area contributed by atoms with Gasteiger partial charge in [-0.25, -0.2) is 0 Å². The summed E-state index contributed by atoms with van der Waals surface area (Å²) in [5.41, 5.74) is 9.00. The van der Waals surface area contributed by atoms with Crippen molar-refractivity contribution in [2.75, 3.05) is 19.6 Å². The van der Waals surface area contributed by atoms with E-state index in [0.29, 0.717) is 5.92 Å². The highest BCUT2D eigenvalue weighted by Crippen LogP contribution is 2.24. The topological polar surface area (TPSA) is 29.3 Å². The first-order valence-corrected chi connectivity index (χ1v) is 7.55. The minimum absolute atomic E-state index is 0.138. The molecule has 0 aromatic heterocycles. The molecule has 1 aromatic rings. The van der Waals surface area contributed by atoms with Crippen molar-refractivity contribution in [3.63, 3.8) is 0 Å². The van der Waals surface area contributed by atoms with Gasteiger partial charge in [-0.3, -0.25) is 0 Å². The normalized spacial score (nSPS) is 26.0. The van der Waals surface area contributed by atoms with Crippen LogP contribution < -0.4 is 5.73 Å². The Balaban J connectivity index is 1.94. The number of rotatable bonds is 4. The van der Waals surface area contributed by atoms with E-state index in [4.69, 9.17) is 5.73 Å². The lowest BCUT2D eigenvalue weighted by Gasteiger charge is -2.21. The molecule has 2 nitrogen and oxygen atoms in total. The zero-order valence-corrected chi connectivity index (χ0v) is 12.8. The first-order chi connectivity index (χ1) is 8.97. The van der Waals surface area contributed by atoms with Crippen molar-refractivity contribution in [1.29, 1.82) is 0 Å². The number of nitrogens with two attached hydrogens (primary N) is 1. The molecule has 0 amide bonds. The van der Waals surface area contributed by atoms with E-state index in [9.17, 15) is 0 Å². The molecule has 0 saturated carbocycles. The van der Waals surface area contributed by atoms with Crippen molar-refractivity contribution in [3.8, 4) is 0 Å². The van der Waals surface area contributed by atoms with E-state index in [1.807, 2.05) is 0 Å². The van der Waals surface area contributed by atoms with E-state index in [2.05, 4.69) is 56.9 Å². The highest BCUT2D eigenvalue weighted by atomic mass is 15.2. The fraction of sp³-hybridized carbons (Fsp3) is 0.647. The van der Waals surface area contributed by atoms with Gasteiger partial charge in [0, 0.05) is 25.7 Å². The van der Waals surface area contributed by atoms with Gasteiger partial charge < -0.3 is 10.6 Å². The molecule has 1 aliphatic heterocycles. The maximum atomic E-state index is 6.35. The third kappa shape index (κ3) is 3.58. The van der Waals surface area contributed by atoms with Crippen molar-refractivity contribution < 1.29 is 0 Å². The summed E-state index contributed by atoms with van der Waals surface area (Å²) in [5, 5.41) is 0. The Morgan fingerprint density at radius 3 is 2.00 bits per heavy atom. The standard InChI is InChI=1S/C17H28N2/c1-12(2)15-5-7-16(8-6-15)17(18)11-19-9-13(3)14(4)10-19/h5-8,12-14,17H,9-11,18H2,1-4H3. The molecule has 1 heterocycles. The molecule has 2 rings (SSSR count). The third-order valence-corrected chi connectivity index (χ3v) is 4.55. The van der Waals surface area contributed by atoms with Gasteiger partial charge in [0.1, 0.15) is 0 Å². The Bertz CT molecular complexity index is 386. The van der Waals surface area contributed by atoms with Gasteiger partial charge in [0.05, 0.1) is 0 Å². The second-order valence-corrected chi connectivity index (χ2v) is 6.60. The zero-order valence-electron chi connectivity index (χ0n) is 12.8. The fourth-order valence-electron chi connectivity index (χ4n) is 2.91. The maximum Gasteiger partial charge on any atom is 0.0424 e. The summed E-state index contributed by atoms with van der Waals surface area (Å²) in [6, 6.07) is 8.97. The maximum absolute atomic E-state index is 6.35. The first-order valence-electron chi connectivity index (χ1n) is 7.55. The van der Waals surface area contributed by atoms with Crippen LogP contribution in [0.3, 0.4) is 0 Å². The molecule has 19 heavy (non-hydrogen) atoms. The van der Waals surface area contributed by atoms with E-state index in [-0.39, 0.29) is 6.04 Å². The second-order valence-electron chi connectivity index (χ2n) is 6.60. The van der Waals surface area contributed by atoms with E-state index >= 15 is 0 Å². The zero-order chi connectivity index (χ0) is 14.0. The Kier molecular flexibility index (Phi) is 4.64. The largest absolute Gasteiger partial charge is 0.323 e. The molecule has 3 unspecified atom stereocenters. The SMILES string of the molecule is CC(C)c1ccc(C(N)CN2CC(C)C(C)C2)cc1. The van der Waals surface area contributed by atoms with E-state index in [0.717, 1.165) is 18.4 Å². The summed E-state index contributed by atoms with van der Waals surface area (Å²) in [6.07, 6.45) is 0. The van der Waals surface area contributed by atoms with Crippen molar-refractivity contribution in [2.45, 2.75) is 39.7 Å². The van der Waals surface area contributed by atoms with Gasteiger partial charge in [0.25, 0.3) is 0 Å². The van der Waals surface area contributed by atoms with Crippen LogP contribution in [0.4, 0.5) is 0 Å². The van der Waals surface area contributed by atoms with Crippen LogP contribution in [0.1, 0.15) is 50.8 Å². The molecule has 1 saturated heterocycles. The molecule has 0 bridgehead atoms. The molecule has 3 atom stereocenters. The van der Waals surface area contributed by atoms with Crippen LogP contribution in [0, 0.1) is 11.8 Å². The van der Waals surface area contributed by atoms with E-state index in [1.54, 1.807) is 0 Å². The molecule has 0 radical (unpaired) electrons. The fourth-order valence-corrected chi connectivity index (χ4v) is 2.91. The lowest BCUT2D eigenvalue weighted by molar-refractivity contribution is 0.303. The van der Waals surface area contributed by atoms with Crippen molar-refractivity contribution in [1.82, 2.24) is 4.90 Å². The Morgan fingerprint density at radius 1 is 1.05 bits per heavy atom. The summed E-state index contributed by atoms with van der Waals surface area (Å²) < 4.78 is 0. The van der Waals surface area contributed by atoms with Crippen LogP contribution in [-0.4, -0.2) is 24.5 Å². The highest BCUT2D eigenvalue weighted by molar-refractivity contribution is 5.26. The summed E-state index contributed by atoms with van der Waals surface area (Å²) in [5.74, 6) is 2.19. The molecule has 1 aromatic carbocycles. The molecule has 2 heteroatoms. The van der Waals surface area contributed by atoms with Gasteiger partial charge in [0.2, 0.25) is 0 Å². The summed E-state index contributed by atoms with van der Waals surface area (Å²) in [4.78, 5) is 2.51. The Hall–Kier alpha value is -0.860. The smallest absolute Gasteiger partial charge is 0.0424 e. The minimum atomic E-state index is 0.138. The average Bonchev–Trinajstić information content (AvgIpc) is 2.68. The van der Waals surface area contributed by atoms with Gasteiger partial charge in [-0.05, 0) is 28.9 Å². The average molecular weight is 260 g/mol. The van der Waals surface area contributed by atoms with Crippen LogP contribution in [0.2, 0.25) is 0 Å². The van der Waals surface area contributed by atoms with E-state index in [1.165, 1.54) is 24.2 Å². The summed E-state index contributed by atoms with van der Waals surface area (Å²) >= 11 is 0. The second kappa shape index (κ2) is 6.06. The molecule has 2 N–H and O–H groups in total. The number of benzene rings is 1. The summed E-state index contributed by atoms with van der Waals surface area (Å²) in [7, 11) is 0. The lowest BCUT2D eigenvalue weighted by Crippen LogP contribution is -2.30. The Morgan fingerprint density at radius 2 is 1.53 bits per heavy atom. The van der Waals surface area contributed by atoms with Crippen LogP contribution >= 0.6 is 0 Å². The van der Waals surface area contributed by atoms with Crippen molar-refractivity contribution in [3.05, 3.63) is 35.4 Å². The number of hydrogen-bond acceptors (Lipinski definition) is 2. The molecular weight excluding hydrogens is 232 g/mol. The van der Waals surface area contributed by atoms with Crippen LogP contribution in [0.5, 0.6) is 0 Å². The van der Waals surface area contributed by atoms with Gasteiger partial charge >= 0.3 is 0 Å². The quantitative estimate of drug-likeness (QED) is 0.899. The van der Waals surface area contributed by atoms with Gasteiger partial charge in [-0.15, -0.1) is 0 Å². The molecular formula is C17H28N2. The number of likely N-dealkylation sites (tertiary alicyclic amines) is 1. The predicted octanol–water partition coefficient (Wildman–Crippen LogP) is 3.40. The van der Waals surface area contributed by atoms with Gasteiger partial charge in [0.15, 0.2) is 0 Å². The molecule has 0 aliphatic carbocycles. The molecule has 1 aliphatic rings. The molecule has 1 fully saturated rings. The Labute approximate surface area is 118 Å². The van der Waals surface area contributed by atoms with Crippen LogP contribution in [0.25, 0.3) is 0 Å². The van der Waals surface area contributed by atoms with Crippen LogP contribution in [-0.2, 0) is 0 Å². The molecule has 0 spiro atoms. The number of hydrogen-bond donors (Lipinski definition) is 1. The van der Waals surface area contributed by atoms with Crippen molar-refractivity contribution >= 4 is 0 Å². The third-order valence-electron chi connectivity index (χ3n) is 4.55. The minimum Gasteiger partial charge on any atom is -0.323 e. The monoisotopic (exact) mass is 260 g/mol. The molecule has 106 valence electrons. The summed E-state index contributed by atoms with van der Waals surface area (Å²) in [6.45, 7) is 12.5.